The molecule has 3 aromatic rings. The molecule has 0 atom stereocenters. The third-order valence-electron chi connectivity index (χ3n) is 6.12. The number of hydrogen-bond donors (Lipinski definition) is 1. The second-order valence-electron chi connectivity index (χ2n) is 7.79. The van der Waals surface area contributed by atoms with Crippen LogP contribution in [0.3, 0.4) is 0 Å². The number of aromatic hydroxyl groups is 1. The molecule has 1 aliphatic carbocycles. The van der Waals surface area contributed by atoms with E-state index in [1.165, 1.54) is 5.56 Å². The first-order valence-electron chi connectivity index (χ1n) is 9.98. The third-order valence-corrected chi connectivity index (χ3v) is 6.12. The van der Waals surface area contributed by atoms with Gasteiger partial charge in [0.05, 0.1) is 0 Å². The summed E-state index contributed by atoms with van der Waals surface area (Å²) in [5.74, 6) is 0.655. The first-order valence-corrected chi connectivity index (χ1v) is 9.98. The van der Waals surface area contributed by atoms with E-state index >= 15 is 0 Å². The Labute approximate surface area is 169 Å². The number of ketones is 1. The summed E-state index contributed by atoms with van der Waals surface area (Å²) < 4.78 is 0. The number of carbonyl (C=O) groups is 2. The number of hydrogen-bond acceptors (Lipinski definition) is 3. The minimum Gasteiger partial charge on any atom is -0.508 e. The van der Waals surface area contributed by atoms with Crippen LogP contribution in [0.4, 0.5) is 0 Å². The average Bonchev–Trinajstić information content (AvgIpc) is 3.06. The maximum atomic E-state index is 13.0. The second kappa shape index (κ2) is 6.89. The molecule has 1 saturated heterocycles. The quantitative estimate of drug-likeness (QED) is 0.549. The molecule has 3 aromatic carbocycles. The summed E-state index contributed by atoms with van der Waals surface area (Å²) in [6, 6.07) is 20.4. The molecule has 0 saturated carbocycles. The van der Waals surface area contributed by atoms with Gasteiger partial charge in [0.2, 0.25) is 0 Å². The van der Waals surface area contributed by atoms with Gasteiger partial charge in [-0.25, -0.2) is 0 Å². The van der Waals surface area contributed by atoms with Crippen molar-refractivity contribution in [1.82, 2.24) is 4.90 Å². The monoisotopic (exact) mass is 383 g/mol. The molecule has 144 valence electrons. The van der Waals surface area contributed by atoms with Crippen molar-refractivity contribution < 1.29 is 14.7 Å². The van der Waals surface area contributed by atoms with Crippen LogP contribution in [-0.4, -0.2) is 34.8 Å². The largest absolute Gasteiger partial charge is 0.508 e. The van der Waals surface area contributed by atoms with Gasteiger partial charge in [0.15, 0.2) is 5.78 Å². The lowest BCUT2D eigenvalue weighted by Crippen LogP contribution is -2.38. The van der Waals surface area contributed by atoms with Crippen LogP contribution in [0.25, 0.3) is 11.1 Å². The van der Waals surface area contributed by atoms with Crippen LogP contribution in [0.15, 0.2) is 66.7 Å². The highest BCUT2D eigenvalue weighted by Gasteiger charge is 2.29. The fraction of sp³-hybridized carbons (Fsp3) is 0.200. The molecule has 0 bridgehead atoms. The molecular weight excluding hydrogens is 362 g/mol. The number of phenolic OH excluding ortho intramolecular Hbond substituents is 1. The maximum Gasteiger partial charge on any atom is 0.253 e. The van der Waals surface area contributed by atoms with Gasteiger partial charge < -0.3 is 10.0 Å². The SMILES string of the molecule is O=C1c2ccccc2-c2ccc(C(=O)N3CCC(c4ccc(O)cc4)CC3)cc21. The normalized spacial score (nSPS) is 15.9. The molecule has 1 aliphatic heterocycles. The van der Waals surface area contributed by atoms with Crippen LogP contribution in [-0.2, 0) is 0 Å². The van der Waals surface area contributed by atoms with E-state index in [-0.39, 0.29) is 17.4 Å². The number of likely N-dealkylation sites (tertiary alicyclic amines) is 1. The van der Waals surface area contributed by atoms with Gasteiger partial charge in [-0.2, -0.15) is 0 Å². The Morgan fingerprint density at radius 3 is 2.21 bits per heavy atom. The summed E-state index contributed by atoms with van der Waals surface area (Å²) in [6.07, 6.45) is 1.79. The van der Waals surface area contributed by atoms with Crippen LogP contribution in [0.5, 0.6) is 5.75 Å². The number of rotatable bonds is 2. The Morgan fingerprint density at radius 1 is 0.828 bits per heavy atom. The zero-order valence-electron chi connectivity index (χ0n) is 16.0. The summed E-state index contributed by atoms with van der Waals surface area (Å²) in [7, 11) is 0. The van der Waals surface area contributed by atoms with E-state index in [0.29, 0.717) is 35.7 Å². The summed E-state index contributed by atoms with van der Waals surface area (Å²) in [4.78, 5) is 27.6. The van der Waals surface area contributed by atoms with E-state index in [1.807, 2.05) is 53.4 Å². The highest BCUT2D eigenvalue weighted by molar-refractivity contribution is 6.22. The van der Waals surface area contributed by atoms with Gasteiger partial charge in [-0.05, 0) is 59.7 Å². The molecule has 0 radical (unpaired) electrons. The lowest BCUT2D eigenvalue weighted by Gasteiger charge is -2.32. The Hall–Kier alpha value is -3.40. The smallest absolute Gasteiger partial charge is 0.253 e. The molecule has 1 N–H and O–H groups in total. The molecule has 0 spiro atoms. The molecule has 0 aromatic heterocycles. The minimum absolute atomic E-state index is 0.00344. The minimum atomic E-state index is -0.0132. The van der Waals surface area contributed by atoms with Crippen molar-refractivity contribution in [2.45, 2.75) is 18.8 Å². The Bertz CT molecular complexity index is 1110. The fourth-order valence-corrected chi connectivity index (χ4v) is 4.51. The van der Waals surface area contributed by atoms with Gasteiger partial charge in [-0.3, -0.25) is 9.59 Å². The van der Waals surface area contributed by atoms with Crippen molar-refractivity contribution in [3.8, 4) is 16.9 Å². The summed E-state index contributed by atoms with van der Waals surface area (Å²) in [5.41, 5.74) is 4.97. The van der Waals surface area contributed by atoms with E-state index in [4.69, 9.17) is 0 Å². The Balaban J connectivity index is 1.32. The summed E-state index contributed by atoms with van der Waals surface area (Å²) in [5, 5.41) is 9.46. The summed E-state index contributed by atoms with van der Waals surface area (Å²) in [6.45, 7) is 1.38. The van der Waals surface area contributed by atoms with E-state index < -0.39 is 0 Å². The number of fused-ring (bicyclic) bond motifs is 3. The van der Waals surface area contributed by atoms with Crippen LogP contribution in [0.2, 0.25) is 0 Å². The van der Waals surface area contributed by atoms with Gasteiger partial charge in [-0.15, -0.1) is 0 Å². The van der Waals surface area contributed by atoms with Gasteiger partial charge >= 0.3 is 0 Å². The van der Waals surface area contributed by atoms with Crippen LogP contribution in [0, 0.1) is 0 Å². The number of phenols is 1. The average molecular weight is 383 g/mol. The number of amides is 1. The molecule has 4 nitrogen and oxygen atoms in total. The number of nitrogens with zero attached hydrogens (tertiary/aromatic N) is 1. The van der Waals surface area contributed by atoms with E-state index in [9.17, 15) is 14.7 Å². The first kappa shape index (κ1) is 17.7. The highest BCUT2D eigenvalue weighted by Crippen LogP contribution is 2.37. The molecule has 0 unspecified atom stereocenters. The molecule has 2 aliphatic rings. The van der Waals surface area contributed by atoms with Crippen molar-refractivity contribution in [3.63, 3.8) is 0 Å². The topological polar surface area (TPSA) is 57.6 Å². The third kappa shape index (κ3) is 3.01. The van der Waals surface area contributed by atoms with E-state index in [1.54, 1.807) is 18.2 Å². The Morgan fingerprint density at radius 2 is 1.48 bits per heavy atom. The van der Waals surface area contributed by atoms with Gasteiger partial charge in [0.25, 0.3) is 5.91 Å². The zero-order valence-corrected chi connectivity index (χ0v) is 16.0. The number of piperidine rings is 1. The molecule has 5 rings (SSSR count). The van der Waals surface area contributed by atoms with Gasteiger partial charge in [0.1, 0.15) is 5.75 Å². The molecule has 1 heterocycles. The van der Waals surface area contributed by atoms with E-state index in [0.717, 1.165) is 24.0 Å². The van der Waals surface area contributed by atoms with Crippen molar-refractivity contribution >= 4 is 11.7 Å². The van der Waals surface area contributed by atoms with Gasteiger partial charge in [0, 0.05) is 29.8 Å². The highest BCUT2D eigenvalue weighted by atomic mass is 16.3. The Kier molecular flexibility index (Phi) is 4.20. The molecule has 4 heteroatoms. The standard InChI is InChI=1S/C25H21NO3/c27-19-8-5-16(6-9-19)17-11-13-26(14-12-17)25(29)18-7-10-21-20-3-1-2-4-22(20)24(28)23(21)15-18/h1-10,15,17,27H,11-14H2. The van der Waals surface area contributed by atoms with Crippen LogP contribution < -0.4 is 0 Å². The van der Waals surface area contributed by atoms with Crippen LogP contribution >= 0.6 is 0 Å². The van der Waals surface area contributed by atoms with Crippen molar-refractivity contribution in [3.05, 3.63) is 89.0 Å². The fourth-order valence-electron chi connectivity index (χ4n) is 4.51. The lowest BCUT2D eigenvalue weighted by atomic mass is 9.89. The molecule has 1 amide bonds. The van der Waals surface area contributed by atoms with Gasteiger partial charge in [-0.1, -0.05) is 42.5 Å². The number of carbonyl (C=O) groups excluding carboxylic acids is 2. The van der Waals surface area contributed by atoms with Crippen molar-refractivity contribution in [1.29, 1.82) is 0 Å². The van der Waals surface area contributed by atoms with Crippen molar-refractivity contribution in [2.24, 2.45) is 0 Å². The zero-order chi connectivity index (χ0) is 20.0. The molecule has 1 fully saturated rings. The molecular formula is C25H21NO3. The van der Waals surface area contributed by atoms with E-state index in [2.05, 4.69) is 0 Å². The summed E-state index contributed by atoms with van der Waals surface area (Å²) >= 11 is 0. The maximum absolute atomic E-state index is 13.0. The van der Waals surface area contributed by atoms with Crippen molar-refractivity contribution in [2.75, 3.05) is 13.1 Å². The first-order chi connectivity index (χ1) is 14.1. The predicted octanol–water partition coefficient (Wildman–Crippen LogP) is 4.62. The van der Waals surface area contributed by atoms with Crippen LogP contribution in [0.1, 0.15) is 50.6 Å². The predicted molar refractivity (Wildman–Crippen MR) is 111 cm³/mol. The number of benzene rings is 3. The molecule has 29 heavy (non-hydrogen) atoms. The second-order valence-corrected chi connectivity index (χ2v) is 7.79. The lowest BCUT2D eigenvalue weighted by molar-refractivity contribution is 0.0713.